The number of carbonyl (C=O) groups excluding carboxylic acids is 2. The van der Waals surface area contributed by atoms with Gasteiger partial charge in [-0.25, -0.2) is 0 Å². The Hall–Kier alpha value is -1.59. The zero-order chi connectivity index (χ0) is 13.4. The van der Waals surface area contributed by atoms with E-state index in [1.54, 1.807) is 14.0 Å². The number of nitrogens with one attached hydrogen (secondary N) is 1. The van der Waals surface area contributed by atoms with E-state index in [1.165, 1.54) is 4.90 Å². The van der Waals surface area contributed by atoms with Gasteiger partial charge in [0.05, 0.1) is 6.54 Å². The Bertz CT molecular complexity index is 291. The van der Waals surface area contributed by atoms with Gasteiger partial charge in [0.25, 0.3) is 0 Å². The van der Waals surface area contributed by atoms with Crippen LogP contribution in [0.1, 0.15) is 26.7 Å². The van der Waals surface area contributed by atoms with Crippen LogP contribution < -0.4 is 5.32 Å². The predicted octanol–water partition coefficient (Wildman–Crippen LogP) is 0.0818. The van der Waals surface area contributed by atoms with Crippen molar-refractivity contribution in [2.24, 2.45) is 5.92 Å². The first-order chi connectivity index (χ1) is 7.86. The highest BCUT2D eigenvalue weighted by Crippen LogP contribution is 2.06. The predicted molar refractivity (Wildman–Crippen MR) is 62.4 cm³/mol. The van der Waals surface area contributed by atoms with E-state index in [0.717, 1.165) is 0 Å². The molecule has 0 spiro atoms. The number of rotatable bonds is 7. The molecule has 0 bridgehead atoms. The molecule has 0 aromatic heterocycles. The summed E-state index contributed by atoms with van der Waals surface area (Å²) in [6.45, 7) is 4.08. The van der Waals surface area contributed by atoms with Crippen LogP contribution in [-0.2, 0) is 14.4 Å². The molecule has 0 aromatic carbocycles. The molecule has 98 valence electrons. The van der Waals surface area contributed by atoms with Crippen molar-refractivity contribution < 1.29 is 19.5 Å². The number of hydrogen-bond donors (Lipinski definition) is 2. The van der Waals surface area contributed by atoms with Gasteiger partial charge >= 0.3 is 5.97 Å². The van der Waals surface area contributed by atoms with Crippen LogP contribution in [-0.4, -0.2) is 47.9 Å². The molecule has 0 fully saturated rings. The molecule has 0 heterocycles. The van der Waals surface area contributed by atoms with Crippen molar-refractivity contribution in [3.63, 3.8) is 0 Å². The number of carboxylic acid groups (broad SMARTS) is 1. The van der Waals surface area contributed by atoms with E-state index in [2.05, 4.69) is 5.32 Å². The van der Waals surface area contributed by atoms with Gasteiger partial charge in [-0.15, -0.1) is 0 Å². The minimum absolute atomic E-state index is 0.0387. The van der Waals surface area contributed by atoms with E-state index in [4.69, 9.17) is 5.11 Å². The van der Waals surface area contributed by atoms with Crippen molar-refractivity contribution in [1.29, 1.82) is 0 Å². The summed E-state index contributed by atoms with van der Waals surface area (Å²) in [5, 5.41) is 11.0. The van der Waals surface area contributed by atoms with Crippen LogP contribution in [0, 0.1) is 5.92 Å². The Balaban J connectivity index is 3.87. The molecule has 6 heteroatoms. The van der Waals surface area contributed by atoms with Gasteiger partial charge in [-0.2, -0.15) is 0 Å². The molecular formula is C11H20N2O4. The molecule has 0 aromatic rings. The number of carboxylic acids is 1. The molecule has 2 N–H and O–H groups in total. The number of carbonyl (C=O) groups is 3. The summed E-state index contributed by atoms with van der Waals surface area (Å²) < 4.78 is 0. The van der Waals surface area contributed by atoms with Gasteiger partial charge in [0.2, 0.25) is 11.8 Å². The summed E-state index contributed by atoms with van der Waals surface area (Å²) >= 11 is 0. The molecule has 0 saturated carbocycles. The summed E-state index contributed by atoms with van der Waals surface area (Å²) in [5.74, 6) is -1.61. The maximum atomic E-state index is 11.4. The second-order valence-corrected chi connectivity index (χ2v) is 4.09. The third kappa shape index (κ3) is 7.32. The average molecular weight is 244 g/mol. The largest absolute Gasteiger partial charge is 0.481 e. The monoisotopic (exact) mass is 244 g/mol. The Morgan fingerprint density at radius 1 is 1.29 bits per heavy atom. The highest BCUT2D eigenvalue weighted by atomic mass is 16.4. The van der Waals surface area contributed by atoms with Crippen molar-refractivity contribution in [2.45, 2.75) is 26.7 Å². The van der Waals surface area contributed by atoms with Crippen LogP contribution in [0.15, 0.2) is 0 Å². The van der Waals surface area contributed by atoms with Gasteiger partial charge in [-0.05, 0) is 12.8 Å². The summed E-state index contributed by atoms with van der Waals surface area (Å²) in [4.78, 5) is 34.6. The van der Waals surface area contributed by atoms with Crippen molar-refractivity contribution in [3.05, 3.63) is 0 Å². The van der Waals surface area contributed by atoms with Crippen molar-refractivity contribution >= 4 is 17.8 Å². The van der Waals surface area contributed by atoms with Crippen LogP contribution in [0.5, 0.6) is 0 Å². The molecule has 0 saturated heterocycles. The smallest absolute Gasteiger partial charge is 0.303 e. The summed E-state index contributed by atoms with van der Waals surface area (Å²) in [6.07, 6.45) is 0.0750. The topological polar surface area (TPSA) is 86.7 Å². The molecule has 0 radical (unpaired) electrons. The highest BCUT2D eigenvalue weighted by Gasteiger charge is 2.14. The summed E-state index contributed by atoms with van der Waals surface area (Å²) in [6, 6.07) is 0. The van der Waals surface area contributed by atoms with Gasteiger partial charge in [0.15, 0.2) is 0 Å². The van der Waals surface area contributed by atoms with Crippen LogP contribution in [0.25, 0.3) is 0 Å². The molecule has 1 atom stereocenters. The van der Waals surface area contributed by atoms with Gasteiger partial charge < -0.3 is 15.3 Å². The fraction of sp³-hybridized carbons (Fsp3) is 0.727. The fourth-order valence-electron chi connectivity index (χ4n) is 1.24. The van der Waals surface area contributed by atoms with E-state index in [1.807, 2.05) is 6.92 Å². The molecule has 0 rings (SSSR count). The zero-order valence-corrected chi connectivity index (χ0v) is 10.5. The maximum Gasteiger partial charge on any atom is 0.303 e. The second-order valence-electron chi connectivity index (χ2n) is 4.09. The molecule has 0 aliphatic carbocycles. The van der Waals surface area contributed by atoms with Crippen LogP contribution >= 0.6 is 0 Å². The summed E-state index contributed by atoms with van der Waals surface area (Å²) in [7, 11) is 1.65. The van der Waals surface area contributed by atoms with E-state index >= 15 is 0 Å². The standard InChI is InChI=1S/C11H20N2O4/c1-4-13(3)10(15)7-12-9(14)5-8(2)6-11(16)17/h8H,4-7H2,1-3H3,(H,12,14)(H,16,17). The van der Waals surface area contributed by atoms with Gasteiger partial charge in [-0.3, -0.25) is 14.4 Å². The van der Waals surface area contributed by atoms with Gasteiger partial charge in [-0.1, -0.05) is 6.92 Å². The Labute approximate surface area is 101 Å². The number of nitrogens with zero attached hydrogens (tertiary/aromatic N) is 1. The number of hydrogen-bond acceptors (Lipinski definition) is 3. The Morgan fingerprint density at radius 3 is 2.35 bits per heavy atom. The lowest BCUT2D eigenvalue weighted by Gasteiger charge is -2.15. The normalized spacial score (nSPS) is 11.7. The SMILES string of the molecule is CCN(C)C(=O)CNC(=O)CC(C)CC(=O)O. The molecule has 2 amide bonds. The molecule has 0 aliphatic rings. The minimum atomic E-state index is -0.924. The van der Waals surface area contributed by atoms with Crippen LogP contribution in [0.4, 0.5) is 0 Å². The van der Waals surface area contributed by atoms with E-state index in [9.17, 15) is 14.4 Å². The van der Waals surface area contributed by atoms with Crippen LogP contribution in [0.2, 0.25) is 0 Å². The fourth-order valence-corrected chi connectivity index (χ4v) is 1.24. The summed E-state index contributed by atoms with van der Waals surface area (Å²) in [5.41, 5.74) is 0. The molecule has 0 aliphatic heterocycles. The lowest BCUT2D eigenvalue weighted by molar-refractivity contribution is -0.138. The number of aliphatic carboxylic acids is 1. The number of likely N-dealkylation sites (N-methyl/N-ethyl adjacent to an activating group) is 1. The third-order valence-electron chi connectivity index (χ3n) is 2.39. The Morgan fingerprint density at radius 2 is 1.88 bits per heavy atom. The first kappa shape index (κ1) is 15.4. The van der Waals surface area contributed by atoms with Crippen molar-refractivity contribution in [3.8, 4) is 0 Å². The Kier molecular flexibility index (Phi) is 6.93. The first-order valence-electron chi connectivity index (χ1n) is 5.59. The van der Waals surface area contributed by atoms with E-state index < -0.39 is 5.97 Å². The maximum absolute atomic E-state index is 11.4. The van der Waals surface area contributed by atoms with Gasteiger partial charge in [0, 0.05) is 26.4 Å². The van der Waals surface area contributed by atoms with Crippen LogP contribution in [0.3, 0.4) is 0 Å². The minimum Gasteiger partial charge on any atom is -0.481 e. The zero-order valence-electron chi connectivity index (χ0n) is 10.5. The number of amides is 2. The molecule has 6 nitrogen and oxygen atoms in total. The van der Waals surface area contributed by atoms with Gasteiger partial charge in [0.1, 0.15) is 0 Å². The van der Waals surface area contributed by atoms with E-state index in [-0.39, 0.29) is 37.1 Å². The first-order valence-corrected chi connectivity index (χ1v) is 5.59. The van der Waals surface area contributed by atoms with Crippen molar-refractivity contribution in [1.82, 2.24) is 10.2 Å². The quantitative estimate of drug-likeness (QED) is 0.664. The average Bonchev–Trinajstić information content (AvgIpc) is 2.23. The molecule has 1 unspecified atom stereocenters. The highest BCUT2D eigenvalue weighted by molar-refractivity contribution is 5.84. The third-order valence-corrected chi connectivity index (χ3v) is 2.39. The van der Waals surface area contributed by atoms with E-state index in [0.29, 0.717) is 6.54 Å². The molecule has 17 heavy (non-hydrogen) atoms. The lowest BCUT2D eigenvalue weighted by atomic mass is 10.0. The molecular weight excluding hydrogens is 224 g/mol. The van der Waals surface area contributed by atoms with Crippen molar-refractivity contribution in [2.75, 3.05) is 20.1 Å². The lowest BCUT2D eigenvalue weighted by Crippen LogP contribution is -2.38. The second kappa shape index (κ2) is 7.65.